The molecule has 0 N–H and O–H groups in total. The highest BCUT2D eigenvalue weighted by atomic mass is 16.5. The lowest BCUT2D eigenvalue weighted by Gasteiger charge is -2.31. The summed E-state index contributed by atoms with van der Waals surface area (Å²) in [5, 5.41) is 0. The van der Waals surface area contributed by atoms with Crippen molar-refractivity contribution in [1.82, 2.24) is 24.4 Å². The average Bonchev–Trinajstić information content (AvgIpc) is 2.62. The second-order valence-corrected chi connectivity index (χ2v) is 6.45. The second-order valence-electron chi connectivity index (χ2n) is 6.45. The number of aryl methyl sites for hydroxylation is 2. The molecule has 0 spiro atoms. The molecule has 3 rings (SSSR count). The van der Waals surface area contributed by atoms with Gasteiger partial charge in [0.05, 0.1) is 0 Å². The van der Waals surface area contributed by atoms with Crippen LogP contribution in [-0.2, 0) is 11.3 Å². The molecule has 138 valence electrons. The molecule has 0 aromatic carbocycles. The van der Waals surface area contributed by atoms with Crippen LogP contribution in [0, 0.1) is 13.8 Å². The van der Waals surface area contributed by atoms with Crippen molar-refractivity contribution in [2.24, 2.45) is 0 Å². The van der Waals surface area contributed by atoms with Crippen LogP contribution in [-0.4, -0.2) is 49.5 Å². The summed E-state index contributed by atoms with van der Waals surface area (Å²) in [7, 11) is 0. The maximum Gasteiger partial charge on any atom is 0.347 e. The molecule has 2 aromatic rings. The Labute approximate surface area is 151 Å². The standard InChI is InChI=1S/C18H23N5O3/c1-13-12-14(2)23(18(25)21-13)11-6-16(24)22-9-4-15(5-10-22)26-17-19-7-3-8-20-17/h3,7-8,12,15H,4-6,9-11H2,1-2H3. The van der Waals surface area contributed by atoms with Gasteiger partial charge in [0.25, 0.3) is 0 Å². The Morgan fingerprint density at radius 3 is 2.58 bits per heavy atom. The highest BCUT2D eigenvalue weighted by molar-refractivity contribution is 5.76. The van der Waals surface area contributed by atoms with Crippen molar-refractivity contribution in [3.63, 3.8) is 0 Å². The number of carbonyl (C=O) groups excluding carboxylic acids is 1. The fraction of sp³-hybridized carbons (Fsp3) is 0.500. The van der Waals surface area contributed by atoms with Gasteiger partial charge >= 0.3 is 11.7 Å². The van der Waals surface area contributed by atoms with E-state index < -0.39 is 0 Å². The number of amides is 1. The number of likely N-dealkylation sites (tertiary alicyclic amines) is 1. The van der Waals surface area contributed by atoms with Gasteiger partial charge in [-0.05, 0) is 26.0 Å². The van der Waals surface area contributed by atoms with Crippen molar-refractivity contribution in [3.8, 4) is 6.01 Å². The number of aromatic nitrogens is 4. The quantitative estimate of drug-likeness (QED) is 0.796. The highest BCUT2D eigenvalue weighted by Crippen LogP contribution is 2.16. The maximum atomic E-state index is 12.5. The number of ether oxygens (including phenoxy) is 1. The summed E-state index contributed by atoms with van der Waals surface area (Å²) < 4.78 is 7.29. The summed E-state index contributed by atoms with van der Waals surface area (Å²) in [6.45, 7) is 5.27. The van der Waals surface area contributed by atoms with Gasteiger partial charge in [-0.15, -0.1) is 0 Å². The zero-order chi connectivity index (χ0) is 18.5. The van der Waals surface area contributed by atoms with Crippen molar-refractivity contribution in [2.75, 3.05) is 13.1 Å². The van der Waals surface area contributed by atoms with Crippen LogP contribution < -0.4 is 10.4 Å². The van der Waals surface area contributed by atoms with Crippen LogP contribution in [0.1, 0.15) is 30.7 Å². The molecule has 0 radical (unpaired) electrons. The van der Waals surface area contributed by atoms with Crippen molar-refractivity contribution < 1.29 is 9.53 Å². The van der Waals surface area contributed by atoms with Gasteiger partial charge in [0, 0.05) is 62.7 Å². The molecule has 0 atom stereocenters. The van der Waals surface area contributed by atoms with Crippen LogP contribution in [0.15, 0.2) is 29.3 Å². The van der Waals surface area contributed by atoms with Crippen molar-refractivity contribution in [1.29, 1.82) is 0 Å². The molecule has 8 nitrogen and oxygen atoms in total. The molecule has 1 saturated heterocycles. The van der Waals surface area contributed by atoms with Gasteiger partial charge < -0.3 is 9.64 Å². The first-order valence-corrected chi connectivity index (χ1v) is 8.79. The lowest BCUT2D eigenvalue weighted by Crippen LogP contribution is -2.42. The lowest BCUT2D eigenvalue weighted by molar-refractivity contribution is -0.133. The third-order valence-corrected chi connectivity index (χ3v) is 4.50. The molecule has 0 bridgehead atoms. The van der Waals surface area contributed by atoms with Gasteiger partial charge in [-0.1, -0.05) is 0 Å². The fourth-order valence-corrected chi connectivity index (χ4v) is 3.13. The summed E-state index contributed by atoms with van der Waals surface area (Å²) >= 11 is 0. The molecule has 26 heavy (non-hydrogen) atoms. The number of hydrogen-bond donors (Lipinski definition) is 0. The summed E-state index contributed by atoms with van der Waals surface area (Å²) in [5.74, 6) is 0.0475. The summed E-state index contributed by atoms with van der Waals surface area (Å²) in [4.78, 5) is 38.3. The molecule has 0 saturated carbocycles. The van der Waals surface area contributed by atoms with E-state index in [4.69, 9.17) is 4.74 Å². The van der Waals surface area contributed by atoms with Gasteiger partial charge in [0.1, 0.15) is 6.10 Å². The first-order valence-electron chi connectivity index (χ1n) is 8.79. The zero-order valence-corrected chi connectivity index (χ0v) is 15.1. The summed E-state index contributed by atoms with van der Waals surface area (Å²) in [6.07, 6.45) is 5.09. The van der Waals surface area contributed by atoms with Crippen LogP contribution in [0.3, 0.4) is 0 Å². The van der Waals surface area contributed by atoms with Crippen LogP contribution in [0.4, 0.5) is 0 Å². The molecule has 1 aliphatic rings. The third kappa shape index (κ3) is 4.44. The van der Waals surface area contributed by atoms with E-state index in [0.717, 1.165) is 18.5 Å². The second kappa shape index (κ2) is 8.07. The molecule has 1 fully saturated rings. The van der Waals surface area contributed by atoms with Crippen LogP contribution in [0.2, 0.25) is 0 Å². The monoisotopic (exact) mass is 357 g/mol. The first-order chi connectivity index (χ1) is 12.5. The van der Waals surface area contributed by atoms with Crippen molar-refractivity contribution >= 4 is 5.91 Å². The van der Waals surface area contributed by atoms with Gasteiger partial charge in [-0.2, -0.15) is 4.98 Å². The predicted octanol–water partition coefficient (Wildman–Crippen LogP) is 1.11. The van der Waals surface area contributed by atoms with Gasteiger partial charge in [-0.3, -0.25) is 9.36 Å². The molecule has 1 aliphatic heterocycles. The highest BCUT2D eigenvalue weighted by Gasteiger charge is 2.24. The minimum Gasteiger partial charge on any atom is -0.460 e. The Hall–Kier alpha value is -2.77. The minimum absolute atomic E-state index is 0.0209. The Morgan fingerprint density at radius 2 is 1.92 bits per heavy atom. The molecule has 1 amide bonds. The van der Waals surface area contributed by atoms with E-state index in [1.807, 2.05) is 17.9 Å². The number of piperidine rings is 1. The SMILES string of the molecule is Cc1cc(C)n(CCC(=O)N2CCC(Oc3ncccn3)CC2)c(=O)n1. The predicted molar refractivity (Wildman–Crippen MR) is 94.9 cm³/mol. The smallest absolute Gasteiger partial charge is 0.347 e. The molecular formula is C18H23N5O3. The topological polar surface area (TPSA) is 90.2 Å². The maximum absolute atomic E-state index is 12.5. The largest absolute Gasteiger partial charge is 0.460 e. The van der Waals surface area contributed by atoms with Gasteiger partial charge in [0.15, 0.2) is 0 Å². The Bertz CT molecular complexity index is 813. The van der Waals surface area contributed by atoms with E-state index in [0.29, 0.717) is 37.8 Å². The molecule has 3 heterocycles. The normalized spacial score (nSPS) is 15.1. The summed E-state index contributed by atoms with van der Waals surface area (Å²) in [6, 6.07) is 3.96. The third-order valence-electron chi connectivity index (χ3n) is 4.50. The van der Waals surface area contributed by atoms with Crippen molar-refractivity contribution in [3.05, 3.63) is 46.4 Å². The van der Waals surface area contributed by atoms with Gasteiger partial charge in [-0.25, -0.2) is 14.8 Å². The van der Waals surface area contributed by atoms with Crippen LogP contribution in [0.25, 0.3) is 0 Å². The Morgan fingerprint density at radius 1 is 1.23 bits per heavy atom. The fourth-order valence-electron chi connectivity index (χ4n) is 3.13. The number of carbonyl (C=O) groups is 1. The lowest BCUT2D eigenvalue weighted by atomic mass is 10.1. The molecular weight excluding hydrogens is 334 g/mol. The van der Waals surface area contributed by atoms with E-state index in [9.17, 15) is 9.59 Å². The number of rotatable bonds is 5. The van der Waals surface area contributed by atoms with Gasteiger partial charge in [0.2, 0.25) is 5.91 Å². The van der Waals surface area contributed by atoms with E-state index in [1.54, 1.807) is 30.0 Å². The van der Waals surface area contributed by atoms with E-state index in [1.165, 1.54) is 0 Å². The number of hydrogen-bond acceptors (Lipinski definition) is 6. The minimum atomic E-state index is -0.301. The molecule has 8 heteroatoms. The van der Waals surface area contributed by atoms with Crippen LogP contribution in [0.5, 0.6) is 6.01 Å². The molecule has 0 unspecified atom stereocenters. The molecule has 2 aromatic heterocycles. The van der Waals surface area contributed by atoms with E-state index >= 15 is 0 Å². The first kappa shape index (κ1) is 18.0. The summed E-state index contributed by atoms with van der Waals surface area (Å²) in [5.41, 5.74) is 1.22. The number of nitrogens with zero attached hydrogens (tertiary/aromatic N) is 5. The van der Waals surface area contributed by atoms with Crippen LogP contribution >= 0.6 is 0 Å². The van der Waals surface area contributed by atoms with E-state index in [-0.39, 0.29) is 17.7 Å². The average molecular weight is 357 g/mol. The zero-order valence-electron chi connectivity index (χ0n) is 15.1. The Kier molecular flexibility index (Phi) is 5.60. The van der Waals surface area contributed by atoms with E-state index in [2.05, 4.69) is 15.0 Å². The van der Waals surface area contributed by atoms with Crippen molar-refractivity contribution in [2.45, 2.75) is 45.8 Å². The molecule has 0 aliphatic carbocycles. The Balaban J connectivity index is 1.49.